The molecule has 0 N–H and O–H groups in total. The molecule has 0 radical (unpaired) electrons. The van der Waals surface area contributed by atoms with Gasteiger partial charge in [-0.2, -0.15) is 0 Å². The standard InChI is InChI=1S/C25H23N5O2/c31-24-15-23(19-5-10-26-11-6-19)28-17-30(24)16-18-7-12-29(13-8-18)25(32)21-3-4-22-20(14-21)2-1-9-27-22/h1-6,9-11,14-15,17-18H,7-8,12-13,16H2. The van der Waals surface area contributed by atoms with E-state index < -0.39 is 0 Å². The predicted octanol–water partition coefficient (Wildman–Crippen LogP) is 3.41. The van der Waals surface area contributed by atoms with Crippen molar-refractivity contribution in [3.63, 3.8) is 0 Å². The third kappa shape index (κ3) is 4.14. The maximum Gasteiger partial charge on any atom is 0.253 e. The van der Waals surface area contributed by atoms with Gasteiger partial charge in [0.25, 0.3) is 11.5 Å². The molecule has 4 aromatic rings. The van der Waals surface area contributed by atoms with Gasteiger partial charge >= 0.3 is 0 Å². The van der Waals surface area contributed by atoms with Crippen molar-refractivity contribution in [1.29, 1.82) is 0 Å². The van der Waals surface area contributed by atoms with Crippen molar-refractivity contribution in [2.24, 2.45) is 5.92 Å². The van der Waals surface area contributed by atoms with Gasteiger partial charge in [-0.05, 0) is 55.2 Å². The summed E-state index contributed by atoms with van der Waals surface area (Å²) in [6.45, 7) is 1.99. The van der Waals surface area contributed by atoms with Gasteiger partial charge in [-0.3, -0.25) is 24.1 Å². The molecule has 4 heterocycles. The monoisotopic (exact) mass is 425 g/mol. The molecule has 7 nitrogen and oxygen atoms in total. The van der Waals surface area contributed by atoms with E-state index in [1.54, 1.807) is 35.6 Å². The van der Waals surface area contributed by atoms with Crippen LogP contribution in [0.2, 0.25) is 0 Å². The molecule has 7 heteroatoms. The van der Waals surface area contributed by atoms with Gasteiger partial charge in [0.1, 0.15) is 0 Å². The summed E-state index contributed by atoms with van der Waals surface area (Å²) in [5.74, 6) is 0.390. The van der Waals surface area contributed by atoms with Crippen molar-refractivity contribution in [3.05, 3.63) is 89.4 Å². The van der Waals surface area contributed by atoms with Crippen molar-refractivity contribution in [1.82, 2.24) is 24.4 Å². The lowest BCUT2D eigenvalue weighted by molar-refractivity contribution is 0.0682. The number of pyridine rings is 2. The first-order valence-corrected chi connectivity index (χ1v) is 10.8. The lowest BCUT2D eigenvalue weighted by atomic mass is 9.96. The van der Waals surface area contributed by atoms with Crippen LogP contribution in [0.15, 0.2) is 78.2 Å². The molecule has 1 aliphatic heterocycles. The molecule has 1 amide bonds. The molecular formula is C25H23N5O2. The zero-order valence-corrected chi connectivity index (χ0v) is 17.6. The van der Waals surface area contributed by atoms with Crippen LogP contribution in [-0.4, -0.2) is 43.4 Å². The van der Waals surface area contributed by atoms with Gasteiger partial charge in [0.05, 0.1) is 17.5 Å². The van der Waals surface area contributed by atoms with Crippen LogP contribution >= 0.6 is 0 Å². The number of benzene rings is 1. The summed E-state index contributed by atoms with van der Waals surface area (Å²) in [5, 5.41) is 0.968. The van der Waals surface area contributed by atoms with Crippen LogP contribution < -0.4 is 5.56 Å². The third-order valence-electron chi connectivity index (χ3n) is 6.06. The summed E-state index contributed by atoms with van der Waals surface area (Å²) in [4.78, 5) is 40.2. The van der Waals surface area contributed by atoms with Crippen molar-refractivity contribution in [3.8, 4) is 11.3 Å². The van der Waals surface area contributed by atoms with E-state index in [-0.39, 0.29) is 11.5 Å². The molecule has 0 aliphatic carbocycles. The molecule has 0 saturated carbocycles. The fraction of sp³-hybridized carbons (Fsp3) is 0.240. The van der Waals surface area contributed by atoms with Crippen LogP contribution in [0.1, 0.15) is 23.2 Å². The average Bonchev–Trinajstić information content (AvgIpc) is 2.85. The number of amides is 1. The van der Waals surface area contributed by atoms with Crippen molar-refractivity contribution >= 4 is 16.8 Å². The maximum atomic E-state index is 13.0. The molecule has 1 fully saturated rings. The maximum absolute atomic E-state index is 13.0. The van der Waals surface area contributed by atoms with Gasteiger partial charge in [-0.15, -0.1) is 0 Å². The predicted molar refractivity (Wildman–Crippen MR) is 122 cm³/mol. The fourth-order valence-corrected chi connectivity index (χ4v) is 4.23. The Balaban J connectivity index is 1.22. The molecular weight excluding hydrogens is 402 g/mol. The lowest BCUT2D eigenvalue weighted by Crippen LogP contribution is -2.40. The van der Waals surface area contributed by atoms with Gasteiger partial charge in [0, 0.05) is 60.8 Å². The molecule has 1 aliphatic rings. The molecule has 0 bridgehead atoms. The summed E-state index contributed by atoms with van der Waals surface area (Å²) in [6, 6.07) is 14.7. The highest BCUT2D eigenvalue weighted by molar-refractivity contribution is 5.98. The fourth-order valence-electron chi connectivity index (χ4n) is 4.23. The van der Waals surface area contributed by atoms with E-state index in [4.69, 9.17) is 0 Å². The van der Waals surface area contributed by atoms with Crippen LogP contribution in [0.25, 0.3) is 22.2 Å². The Morgan fingerprint density at radius 3 is 2.56 bits per heavy atom. The molecule has 1 saturated heterocycles. The first kappa shape index (κ1) is 20.1. The molecule has 160 valence electrons. The Morgan fingerprint density at radius 1 is 0.969 bits per heavy atom. The van der Waals surface area contributed by atoms with Crippen LogP contribution in [0.4, 0.5) is 0 Å². The van der Waals surface area contributed by atoms with Gasteiger partial charge in [0.15, 0.2) is 0 Å². The van der Waals surface area contributed by atoms with Crippen LogP contribution in [0.5, 0.6) is 0 Å². The minimum Gasteiger partial charge on any atom is -0.339 e. The Bertz CT molecular complexity index is 1310. The number of piperidine rings is 1. The Labute approximate surface area is 185 Å². The number of fused-ring (bicyclic) bond motifs is 1. The van der Waals surface area contributed by atoms with E-state index in [1.165, 1.54) is 0 Å². The number of likely N-dealkylation sites (tertiary alicyclic amines) is 1. The zero-order valence-electron chi connectivity index (χ0n) is 17.6. The van der Waals surface area contributed by atoms with E-state index in [0.717, 1.165) is 29.3 Å². The quantitative estimate of drug-likeness (QED) is 0.501. The normalized spacial score (nSPS) is 14.6. The summed E-state index contributed by atoms with van der Waals surface area (Å²) >= 11 is 0. The molecule has 3 aromatic heterocycles. The number of hydrogen-bond acceptors (Lipinski definition) is 5. The van der Waals surface area contributed by atoms with Gasteiger partial charge in [-0.25, -0.2) is 4.98 Å². The van der Waals surface area contributed by atoms with Crippen molar-refractivity contribution in [2.75, 3.05) is 13.1 Å². The minimum atomic E-state index is -0.0601. The molecule has 0 unspecified atom stereocenters. The summed E-state index contributed by atoms with van der Waals surface area (Å²) in [7, 11) is 0. The number of carbonyl (C=O) groups is 1. The van der Waals surface area contributed by atoms with Crippen molar-refractivity contribution in [2.45, 2.75) is 19.4 Å². The highest BCUT2D eigenvalue weighted by Crippen LogP contribution is 2.22. The van der Waals surface area contributed by atoms with E-state index in [0.29, 0.717) is 36.8 Å². The van der Waals surface area contributed by atoms with Gasteiger partial charge < -0.3 is 4.90 Å². The minimum absolute atomic E-state index is 0.0507. The molecule has 0 atom stereocenters. The van der Waals surface area contributed by atoms with E-state index in [1.807, 2.05) is 47.4 Å². The second-order valence-electron chi connectivity index (χ2n) is 8.15. The zero-order chi connectivity index (χ0) is 21.9. The van der Waals surface area contributed by atoms with Crippen molar-refractivity contribution < 1.29 is 4.79 Å². The van der Waals surface area contributed by atoms with E-state index >= 15 is 0 Å². The summed E-state index contributed by atoms with van der Waals surface area (Å²) in [5.41, 5.74) is 3.04. The lowest BCUT2D eigenvalue weighted by Gasteiger charge is -2.32. The molecule has 0 spiro atoms. The second-order valence-corrected chi connectivity index (χ2v) is 8.15. The highest BCUT2D eigenvalue weighted by atomic mass is 16.2. The Morgan fingerprint density at radius 2 is 1.78 bits per heavy atom. The van der Waals surface area contributed by atoms with Crippen LogP contribution in [-0.2, 0) is 6.54 Å². The average molecular weight is 425 g/mol. The van der Waals surface area contributed by atoms with Crippen LogP contribution in [0, 0.1) is 5.92 Å². The summed E-state index contributed by atoms with van der Waals surface area (Å²) < 4.78 is 1.67. The Hall–Kier alpha value is -3.87. The summed E-state index contributed by atoms with van der Waals surface area (Å²) in [6.07, 6.45) is 8.47. The first-order valence-electron chi connectivity index (χ1n) is 10.8. The van der Waals surface area contributed by atoms with E-state index in [9.17, 15) is 9.59 Å². The molecule has 5 rings (SSSR count). The molecule has 32 heavy (non-hydrogen) atoms. The smallest absolute Gasteiger partial charge is 0.253 e. The SMILES string of the molecule is O=C(c1ccc2ncccc2c1)N1CCC(Cn2cnc(-c3ccncc3)cc2=O)CC1. The van der Waals surface area contributed by atoms with E-state index in [2.05, 4.69) is 15.0 Å². The topological polar surface area (TPSA) is 81.0 Å². The second kappa shape index (κ2) is 8.70. The highest BCUT2D eigenvalue weighted by Gasteiger charge is 2.24. The largest absolute Gasteiger partial charge is 0.339 e. The van der Waals surface area contributed by atoms with Crippen LogP contribution in [0.3, 0.4) is 0 Å². The number of aromatic nitrogens is 4. The number of rotatable bonds is 4. The third-order valence-corrected chi connectivity index (χ3v) is 6.06. The number of carbonyl (C=O) groups excluding carboxylic acids is 1. The molecule has 1 aromatic carbocycles. The van der Waals surface area contributed by atoms with Gasteiger partial charge in [0.2, 0.25) is 0 Å². The number of hydrogen-bond donors (Lipinski definition) is 0. The number of nitrogens with zero attached hydrogens (tertiary/aromatic N) is 5. The first-order chi connectivity index (χ1) is 15.7. The van der Waals surface area contributed by atoms with Gasteiger partial charge in [-0.1, -0.05) is 6.07 Å². The Kier molecular flexibility index (Phi) is 5.46.